The normalized spacial score (nSPS) is 18.5. The molecule has 6 nitrogen and oxygen atoms in total. The van der Waals surface area contributed by atoms with Crippen molar-refractivity contribution in [2.75, 3.05) is 18.0 Å². The maximum absolute atomic E-state index is 13.2. The molecule has 1 aromatic carbocycles. The van der Waals surface area contributed by atoms with Crippen molar-refractivity contribution in [1.82, 2.24) is 20.1 Å². The summed E-state index contributed by atoms with van der Waals surface area (Å²) < 4.78 is 1.91. The molecule has 1 saturated heterocycles. The number of nitrogens with zero attached hydrogens (tertiary/aromatic N) is 4. The minimum absolute atomic E-state index is 0.00376. The van der Waals surface area contributed by atoms with E-state index in [0.29, 0.717) is 0 Å². The molecule has 1 unspecified atom stereocenters. The van der Waals surface area contributed by atoms with Crippen molar-refractivity contribution in [2.45, 2.75) is 38.1 Å². The molecular formula is C23H25N5O. The highest BCUT2D eigenvalue weighted by Gasteiger charge is 2.28. The largest absolute Gasteiger partial charge is 0.371 e. The summed E-state index contributed by atoms with van der Waals surface area (Å²) in [6, 6.07) is 13.8. The average Bonchev–Trinajstić information content (AvgIpc) is 3.45. The summed E-state index contributed by atoms with van der Waals surface area (Å²) in [4.78, 5) is 19.9. The lowest BCUT2D eigenvalue weighted by molar-refractivity contribution is 0.0933. The van der Waals surface area contributed by atoms with Crippen LogP contribution in [0, 0.1) is 0 Å². The van der Waals surface area contributed by atoms with E-state index in [1.54, 1.807) is 6.20 Å². The van der Waals surface area contributed by atoms with Gasteiger partial charge in [-0.25, -0.2) is 9.67 Å². The fourth-order valence-electron chi connectivity index (χ4n) is 4.52. The molecular weight excluding hydrogens is 362 g/mol. The third-order valence-electron chi connectivity index (χ3n) is 5.95. The van der Waals surface area contributed by atoms with Crippen LogP contribution in [0.1, 0.15) is 53.3 Å². The van der Waals surface area contributed by atoms with Gasteiger partial charge in [-0.15, -0.1) is 0 Å². The van der Waals surface area contributed by atoms with E-state index < -0.39 is 0 Å². The van der Waals surface area contributed by atoms with Crippen LogP contribution in [0.15, 0.2) is 54.9 Å². The van der Waals surface area contributed by atoms with E-state index in [1.165, 1.54) is 12.8 Å². The predicted molar refractivity (Wildman–Crippen MR) is 112 cm³/mol. The Balaban J connectivity index is 1.41. The van der Waals surface area contributed by atoms with Gasteiger partial charge in [-0.1, -0.05) is 18.2 Å². The fourth-order valence-corrected chi connectivity index (χ4v) is 4.52. The monoisotopic (exact) mass is 387 g/mol. The molecule has 0 saturated carbocycles. The molecule has 1 fully saturated rings. The van der Waals surface area contributed by atoms with Gasteiger partial charge in [-0.2, -0.15) is 5.10 Å². The van der Waals surface area contributed by atoms with Gasteiger partial charge < -0.3 is 10.2 Å². The van der Waals surface area contributed by atoms with Crippen LogP contribution >= 0.6 is 0 Å². The Morgan fingerprint density at radius 1 is 1.03 bits per heavy atom. The van der Waals surface area contributed by atoms with Gasteiger partial charge in [0.1, 0.15) is 0 Å². The van der Waals surface area contributed by atoms with Gasteiger partial charge in [0, 0.05) is 30.5 Å². The second-order valence-electron chi connectivity index (χ2n) is 7.78. The van der Waals surface area contributed by atoms with Crippen molar-refractivity contribution in [3.63, 3.8) is 0 Å². The zero-order chi connectivity index (χ0) is 19.6. The molecule has 1 aliphatic heterocycles. The third kappa shape index (κ3) is 3.39. The number of rotatable bonds is 4. The molecule has 3 aromatic rings. The number of fused-ring (bicyclic) bond motifs is 1. The number of nitrogens with one attached hydrogen (secondary N) is 1. The Labute approximate surface area is 170 Å². The molecule has 29 heavy (non-hydrogen) atoms. The number of anilines is 1. The maximum Gasteiger partial charge on any atom is 0.253 e. The zero-order valence-electron chi connectivity index (χ0n) is 16.4. The lowest BCUT2D eigenvalue weighted by Crippen LogP contribution is -2.32. The van der Waals surface area contributed by atoms with Crippen molar-refractivity contribution >= 4 is 11.6 Å². The van der Waals surface area contributed by atoms with Crippen molar-refractivity contribution in [3.8, 4) is 5.82 Å². The lowest BCUT2D eigenvalue weighted by Gasteiger charge is -2.26. The standard InChI is InChI=1S/C23H25N5O/c29-23(17-8-1-2-10-20(17)27-14-5-6-15-27)26-19-9-7-11-21-18(19)16-25-28(21)22-12-3-4-13-24-22/h1-4,8,10,12-13,16,19H,5-7,9,11,14-15H2,(H,26,29). The molecule has 0 spiro atoms. The van der Waals surface area contributed by atoms with Crippen molar-refractivity contribution in [3.05, 3.63) is 71.7 Å². The van der Waals surface area contributed by atoms with Crippen LogP contribution in [-0.2, 0) is 6.42 Å². The number of para-hydroxylation sites is 1. The molecule has 6 heteroatoms. The van der Waals surface area contributed by atoms with Crippen LogP contribution in [0.2, 0.25) is 0 Å². The molecule has 148 valence electrons. The molecule has 5 rings (SSSR count). The first-order valence-electron chi connectivity index (χ1n) is 10.4. The van der Waals surface area contributed by atoms with E-state index in [2.05, 4.69) is 26.4 Å². The minimum Gasteiger partial charge on any atom is -0.371 e. The lowest BCUT2D eigenvalue weighted by atomic mass is 9.92. The second kappa shape index (κ2) is 7.70. The first-order chi connectivity index (χ1) is 14.3. The van der Waals surface area contributed by atoms with E-state index in [1.807, 2.05) is 47.3 Å². The van der Waals surface area contributed by atoms with Gasteiger partial charge in [0.25, 0.3) is 5.91 Å². The predicted octanol–water partition coefficient (Wildman–Crippen LogP) is 3.67. The van der Waals surface area contributed by atoms with Gasteiger partial charge in [-0.05, 0) is 56.4 Å². The summed E-state index contributed by atoms with van der Waals surface area (Å²) in [5, 5.41) is 7.85. The average molecular weight is 387 g/mol. The Morgan fingerprint density at radius 2 is 1.86 bits per heavy atom. The maximum atomic E-state index is 13.2. The smallest absolute Gasteiger partial charge is 0.253 e. The fraction of sp³-hybridized carbons (Fsp3) is 0.348. The molecule has 2 aliphatic rings. The first kappa shape index (κ1) is 17.9. The molecule has 1 amide bonds. The quantitative estimate of drug-likeness (QED) is 0.742. The Bertz CT molecular complexity index is 1010. The van der Waals surface area contributed by atoms with Crippen LogP contribution in [0.3, 0.4) is 0 Å². The highest BCUT2D eigenvalue weighted by atomic mass is 16.1. The number of benzene rings is 1. The van der Waals surface area contributed by atoms with Gasteiger partial charge in [0.15, 0.2) is 5.82 Å². The highest BCUT2D eigenvalue weighted by Crippen LogP contribution is 2.32. The Hall–Kier alpha value is -3.15. The van der Waals surface area contributed by atoms with Crippen LogP contribution in [-0.4, -0.2) is 33.8 Å². The molecule has 1 atom stereocenters. The van der Waals surface area contributed by atoms with E-state index in [4.69, 9.17) is 0 Å². The SMILES string of the molecule is O=C(NC1CCCc2c1cnn2-c1ccccn1)c1ccccc1N1CCCC1. The Morgan fingerprint density at radius 3 is 2.69 bits per heavy atom. The number of carbonyl (C=O) groups is 1. The second-order valence-corrected chi connectivity index (χ2v) is 7.78. The number of amides is 1. The summed E-state index contributed by atoms with van der Waals surface area (Å²) in [6.45, 7) is 2.05. The molecule has 1 aliphatic carbocycles. The van der Waals surface area contributed by atoms with E-state index in [9.17, 15) is 4.79 Å². The third-order valence-corrected chi connectivity index (χ3v) is 5.95. The molecule has 3 heterocycles. The number of carbonyl (C=O) groups excluding carboxylic acids is 1. The van der Waals surface area contributed by atoms with E-state index in [0.717, 1.165) is 60.7 Å². The highest BCUT2D eigenvalue weighted by molar-refractivity contribution is 6.00. The van der Waals surface area contributed by atoms with Crippen molar-refractivity contribution in [2.24, 2.45) is 0 Å². The van der Waals surface area contributed by atoms with Crippen LogP contribution in [0.5, 0.6) is 0 Å². The summed E-state index contributed by atoms with van der Waals surface area (Å²) in [6.07, 6.45) is 8.94. The van der Waals surface area contributed by atoms with E-state index >= 15 is 0 Å². The van der Waals surface area contributed by atoms with Gasteiger partial charge in [-0.3, -0.25) is 4.79 Å². The van der Waals surface area contributed by atoms with E-state index in [-0.39, 0.29) is 11.9 Å². The number of aromatic nitrogens is 3. The number of pyridine rings is 1. The summed E-state index contributed by atoms with van der Waals surface area (Å²) >= 11 is 0. The topological polar surface area (TPSA) is 63.1 Å². The first-order valence-corrected chi connectivity index (χ1v) is 10.4. The molecule has 1 N–H and O–H groups in total. The van der Waals surface area contributed by atoms with Crippen molar-refractivity contribution in [1.29, 1.82) is 0 Å². The van der Waals surface area contributed by atoms with Crippen LogP contribution < -0.4 is 10.2 Å². The van der Waals surface area contributed by atoms with Crippen molar-refractivity contribution < 1.29 is 4.79 Å². The summed E-state index contributed by atoms with van der Waals surface area (Å²) in [5.41, 5.74) is 4.06. The van der Waals surface area contributed by atoms with Gasteiger partial charge in [0.2, 0.25) is 0 Å². The molecule has 0 bridgehead atoms. The number of hydrogen-bond acceptors (Lipinski definition) is 4. The number of hydrogen-bond donors (Lipinski definition) is 1. The minimum atomic E-state index is -0.0182. The zero-order valence-corrected chi connectivity index (χ0v) is 16.4. The summed E-state index contributed by atoms with van der Waals surface area (Å²) in [5.74, 6) is 0.816. The van der Waals surface area contributed by atoms with Gasteiger partial charge >= 0.3 is 0 Å². The van der Waals surface area contributed by atoms with Crippen LogP contribution in [0.25, 0.3) is 5.82 Å². The van der Waals surface area contributed by atoms with Gasteiger partial charge in [0.05, 0.1) is 23.5 Å². The Kier molecular flexibility index (Phi) is 4.76. The summed E-state index contributed by atoms with van der Waals surface area (Å²) in [7, 11) is 0. The molecule has 2 aromatic heterocycles. The van der Waals surface area contributed by atoms with Crippen LogP contribution in [0.4, 0.5) is 5.69 Å². The molecule has 0 radical (unpaired) electrons.